The Labute approximate surface area is 101 Å². The van der Waals surface area contributed by atoms with Gasteiger partial charge >= 0.3 is 0 Å². The number of hydrogen-bond acceptors (Lipinski definition) is 5. The van der Waals surface area contributed by atoms with E-state index in [1.165, 1.54) is 30.3 Å². The van der Waals surface area contributed by atoms with E-state index >= 15 is 0 Å². The maximum Gasteiger partial charge on any atom is 0.264 e. The highest BCUT2D eigenvalue weighted by molar-refractivity contribution is 6.07. The average Bonchev–Trinajstić information content (AvgIpc) is 2.32. The molecule has 0 saturated heterocycles. The highest BCUT2D eigenvalue weighted by atomic mass is 16.3. The molecule has 7 heteroatoms. The van der Waals surface area contributed by atoms with E-state index in [0.717, 1.165) is 0 Å². The van der Waals surface area contributed by atoms with Gasteiger partial charge in [-0.1, -0.05) is 6.07 Å². The van der Waals surface area contributed by atoms with Crippen LogP contribution in [0.2, 0.25) is 0 Å². The number of phenolic OH excluding ortho intramolecular Hbond substituents is 2. The largest absolute Gasteiger partial charge is 0.507 e. The molecule has 18 heavy (non-hydrogen) atoms. The van der Waals surface area contributed by atoms with E-state index in [0.29, 0.717) is 0 Å². The van der Waals surface area contributed by atoms with Gasteiger partial charge in [0.1, 0.15) is 17.1 Å². The fourth-order valence-corrected chi connectivity index (χ4v) is 1.35. The fourth-order valence-electron chi connectivity index (χ4n) is 1.35. The second-order valence-corrected chi connectivity index (χ2v) is 3.43. The quantitative estimate of drug-likeness (QED) is 0.614. The normalized spacial score (nSPS) is 10.0. The summed E-state index contributed by atoms with van der Waals surface area (Å²) in [5.74, 6) is -1.33. The van der Waals surface area contributed by atoms with Gasteiger partial charge in [0.25, 0.3) is 11.5 Å². The molecule has 0 aliphatic carbocycles. The van der Waals surface area contributed by atoms with E-state index in [2.05, 4.69) is 15.5 Å². The Morgan fingerprint density at radius 1 is 1.17 bits per heavy atom. The molecule has 0 atom stereocenters. The molecule has 2 aromatic rings. The third-order valence-electron chi connectivity index (χ3n) is 2.17. The number of carbonyl (C=O) groups is 1. The van der Waals surface area contributed by atoms with Gasteiger partial charge in [-0.05, 0) is 18.2 Å². The highest BCUT2D eigenvalue weighted by Gasteiger charge is 2.16. The van der Waals surface area contributed by atoms with Gasteiger partial charge < -0.3 is 15.5 Å². The van der Waals surface area contributed by atoms with Crippen LogP contribution in [0.4, 0.5) is 5.82 Å². The molecule has 92 valence electrons. The zero-order chi connectivity index (χ0) is 13.1. The van der Waals surface area contributed by atoms with Crippen LogP contribution in [0.3, 0.4) is 0 Å². The zero-order valence-electron chi connectivity index (χ0n) is 9.04. The van der Waals surface area contributed by atoms with Crippen molar-refractivity contribution in [3.05, 3.63) is 46.2 Å². The number of aromatic nitrogens is 2. The molecule has 1 aromatic carbocycles. The molecule has 0 bridgehead atoms. The first-order valence-corrected chi connectivity index (χ1v) is 4.96. The van der Waals surface area contributed by atoms with Gasteiger partial charge in [0, 0.05) is 6.07 Å². The molecule has 1 heterocycles. The summed E-state index contributed by atoms with van der Waals surface area (Å²) < 4.78 is 0. The van der Waals surface area contributed by atoms with Crippen LogP contribution in [-0.2, 0) is 0 Å². The molecule has 0 saturated carbocycles. The number of amides is 1. The van der Waals surface area contributed by atoms with Gasteiger partial charge in [0.15, 0.2) is 5.82 Å². The summed E-state index contributed by atoms with van der Waals surface area (Å²) in [6.07, 6.45) is 0. The predicted molar refractivity (Wildman–Crippen MR) is 62.6 cm³/mol. The molecule has 0 unspecified atom stereocenters. The van der Waals surface area contributed by atoms with Crippen LogP contribution < -0.4 is 10.9 Å². The number of nitrogens with zero attached hydrogens (tertiary/aromatic N) is 1. The molecular formula is C11H9N3O4. The van der Waals surface area contributed by atoms with Crippen molar-refractivity contribution >= 4 is 11.7 Å². The first-order chi connectivity index (χ1) is 8.58. The lowest BCUT2D eigenvalue weighted by atomic mass is 10.1. The number of carbonyl (C=O) groups excluding carboxylic acids is 1. The maximum atomic E-state index is 11.8. The number of anilines is 1. The second-order valence-electron chi connectivity index (χ2n) is 3.43. The third-order valence-corrected chi connectivity index (χ3v) is 2.17. The van der Waals surface area contributed by atoms with Crippen LogP contribution in [-0.4, -0.2) is 26.3 Å². The molecule has 1 aromatic heterocycles. The molecule has 1 amide bonds. The van der Waals surface area contributed by atoms with E-state index in [4.69, 9.17) is 0 Å². The van der Waals surface area contributed by atoms with Gasteiger partial charge in [-0.3, -0.25) is 9.59 Å². The molecule has 0 radical (unpaired) electrons. The third kappa shape index (κ3) is 2.29. The van der Waals surface area contributed by atoms with Crippen LogP contribution in [0.1, 0.15) is 10.4 Å². The minimum absolute atomic E-state index is 0.0993. The van der Waals surface area contributed by atoms with Crippen LogP contribution in [0.5, 0.6) is 11.5 Å². The van der Waals surface area contributed by atoms with Gasteiger partial charge in [-0.15, -0.1) is 0 Å². The number of hydrogen-bond donors (Lipinski definition) is 4. The van der Waals surface area contributed by atoms with Gasteiger partial charge in [0.05, 0.1) is 0 Å². The number of rotatable bonds is 2. The minimum Gasteiger partial charge on any atom is -0.507 e. The molecule has 2 rings (SSSR count). The summed E-state index contributed by atoms with van der Waals surface area (Å²) >= 11 is 0. The van der Waals surface area contributed by atoms with Gasteiger partial charge in [-0.25, -0.2) is 5.10 Å². The number of phenols is 2. The minimum atomic E-state index is -0.731. The van der Waals surface area contributed by atoms with Crippen LogP contribution >= 0.6 is 0 Å². The van der Waals surface area contributed by atoms with E-state index < -0.39 is 11.5 Å². The molecule has 0 spiro atoms. The molecule has 7 nitrogen and oxygen atoms in total. The Morgan fingerprint density at radius 2 is 1.83 bits per heavy atom. The van der Waals surface area contributed by atoms with Crippen molar-refractivity contribution in [2.24, 2.45) is 0 Å². The molecular weight excluding hydrogens is 238 g/mol. The maximum absolute atomic E-state index is 11.8. The Hall–Kier alpha value is -2.83. The van der Waals surface area contributed by atoms with E-state index in [1.807, 2.05) is 0 Å². The Balaban J connectivity index is 2.27. The number of benzene rings is 1. The van der Waals surface area contributed by atoms with Crippen molar-refractivity contribution in [2.75, 3.05) is 5.32 Å². The number of aromatic amines is 1. The Kier molecular flexibility index (Phi) is 2.96. The zero-order valence-corrected chi connectivity index (χ0v) is 9.04. The fraction of sp³-hybridized carbons (Fsp3) is 0. The summed E-state index contributed by atoms with van der Waals surface area (Å²) in [5.41, 5.74) is -0.663. The lowest BCUT2D eigenvalue weighted by molar-refractivity contribution is 0.102. The number of H-pyrrole nitrogens is 1. The summed E-state index contributed by atoms with van der Waals surface area (Å²) in [6.45, 7) is 0. The summed E-state index contributed by atoms with van der Waals surface area (Å²) in [6, 6.07) is 6.44. The summed E-state index contributed by atoms with van der Waals surface area (Å²) in [7, 11) is 0. The summed E-state index contributed by atoms with van der Waals surface area (Å²) in [5, 5.41) is 27.0. The van der Waals surface area contributed by atoms with E-state index in [-0.39, 0.29) is 22.9 Å². The lowest BCUT2D eigenvalue weighted by Gasteiger charge is -2.07. The molecule has 0 aliphatic heterocycles. The van der Waals surface area contributed by atoms with Gasteiger partial charge in [0.2, 0.25) is 0 Å². The highest BCUT2D eigenvalue weighted by Crippen LogP contribution is 2.26. The van der Waals surface area contributed by atoms with Crippen LogP contribution in [0, 0.1) is 0 Å². The van der Waals surface area contributed by atoms with E-state index in [9.17, 15) is 19.8 Å². The van der Waals surface area contributed by atoms with Crippen molar-refractivity contribution in [2.45, 2.75) is 0 Å². The topological polar surface area (TPSA) is 115 Å². The number of nitrogens with one attached hydrogen (secondary N) is 2. The predicted octanol–water partition coefficient (Wildman–Crippen LogP) is 0.433. The van der Waals surface area contributed by atoms with Crippen molar-refractivity contribution in [1.82, 2.24) is 10.2 Å². The standard InChI is InChI=1S/C11H9N3O4/c15-6-2-1-3-7(16)10(6)11(18)12-8-4-5-9(17)14-13-8/h1-5,15-16H,(H,14,17)(H,12,13,18). The first-order valence-electron chi connectivity index (χ1n) is 4.96. The van der Waals surface area contributed by atoms with Crippen LogP contribution in [0.15, 0.2) is 35.1 Å². The van der Waals surface area contributed by atoms with Crippen molar-refractivity contribution in [1.29, 1.82) is 0 Å². The van der Waals surface area contributed by atoms with Crippen molar-refractivity contribution in [3.8, 4) is 11.5 Å². The first kappa shape index (κ1) is 11.6. The van der Waals surface area contributed by atoms with E-state index in [1.54, 1.807) is 0 Å². The summed E-state index contributed by atoms with van der Waals surface area (Å²) in [4.78, 5) is 22.6. The smallest absolute Gasteiger partial charge is 0.264 e. The van der Waals surface area contributed by atoms with Crippen LogP contribution in [0.25, 0.3) is 0 Å². The molecule has 0 fully saturated rings. The monoisotopic (exact) mass is 247 g/mol. The lowest BCUT2D eigenvalue weighted by Crippen LogP contribution is -2.16. The number of aromatic hydroxyl groups is 2. The van der Waals surface area contributed by atoms with Crippen molar-refractivity contribution in [3.63, 3.8) is 0 Å². The molecule has 4 N–H and O–H groups in total. The SMILES string of the molecule is O=C(Nc1ccc(=O)[nH]n1)c1c(O)cccc1O. The Morgan fingerprint density at radius 3 is 2.39 bits per heavy atom. The molecule has 0 aliphatic rings. The average molecular weight is 247 g/mol. The Bertz CT molecular complexity index is 610. The van der Waals surface area contributed by atoms with Crippen molar-refractivity contribution < 1.29 is 15.0 Å². The van der Waals surface area contributed by atoms with Gasteiger partial charge in [-0.2, -0.15) is 5.10 Å². The second kappa shape index (κ2) is 4.58.